The van der Waals surface area contributed by atoms with Crippen LogP contribution < -0.4 is 4.90 Å². The molecule has 2 heterocycles. The second kappa shape index (κ2) is 11.9. The van der Waals surface area contributed by atoms with E-state index in [2.05, 4.69) is 191 Å². The molecule has 240 valence electrons. The average molecular weight is 653 g/mol. The lowest BCUT2D eigenvalue weighted by Gasteiger charge is -2.26. The van der Waals surface area contributed by atoms with E-state index >= 15 is 0 Å². The zero-order valence-electron chi connectivity index (χ0n) is 27.8. The van der Waals surface area contributed by atoms with Crippen molar-refractivity contribution in [2.45, 2.75) is 0 Å². The molecule has 0 spiro atoms. The zero-order valence-corrected chi connectivity index (χ0v) is 27.8. The molecule has 0 bridgehead atoms. The predicted octanol–water partition coefficient (Wildman–Crippen LogP) is 13.5. The molecule has 10 rings (SSSR count). The van der Waals surface area contributed by atoms with Gasteiger partial charge in [-0.2, -0.15) is 0 Å². The number of benzene rings is 8. The molecule has 3 heteroatoms. The lowest BCUT2D eigenvalue weighted by molar-refractivity contribution is 0.669. The van der Waals surface area contributed by atoms with Crippen LogP contribution in [0.4, 0.5) is 17.1 Å². The van der Waals surface area contributed by atoms with Crippen molar-refractivity contribution < 1.29 is 4.42 Å². The van der Waals surface area contributed by atoms with E-state index in [9.17, 15) is 0 Å². The minimum atomic E-state index is 0.871. The Kier molecular flexibility index (Phi) is 6.81. The number of para-hydroxylation sites is 4. The molecule has 0 saturated carbocycles. The van der Waals surface area contributed by atoms with Crippen molar-refractivity contribution in [3.05, 3.63) is 194 Å². The van der Waals surface area contributed by atoms with Gasteiger partial charge in [0.25, 0.3) is 0 Å². The van der Waals surface area contributed by atoms with Gasteiger partial charge in [0.15, 0.2) is 5.58 Å². The van der Waals surface area contributed by atoms with Gasteiger partial charge in [-0.05, 0) is 89.0 Å². The molecule has 10 aromatic rings. The van der Waals surface area contributed by atoms with Gasteiger partial charge in [0.05, 0.1) is 16.7 Å². The number of furan rings is 1. The Labute approximate surface area is 295 Å². The molecule has 0 saturated heterocycles. The number of aromatic nitrogens is 1. The molecule has 51 heavy (non-hydrogen) atoms. The lowest BCUT2D eigenvalue weighted by Crippen LogP contribution is -2.10. The first-order chi connectivity index (χ1) is 25.3. The molecule has 0 aliphatic carbocycles. The Morgan fingerprint density at radius 1 is 0.373 bits per heavy atom. The van der Waals surface area contributed by atoms with Crippen molar-refractivity contribution in [2.75, 3.05) is 4.90 Å². The van der Waals surface area contributed by atoms with Gasteiger partial charge in [0, 0.05) is 38.6 Å². The Balaban J connectivity index is 1.09. The second-order valence-corrected chi connectivity index (χ2v) is 13.0. The molecule has 8 aromatic carbocycles. The van der Waals surface area contributed by atoms with E-state index in [1.165, 1.54) is 44.1 Å². The minimum Gasteiger partial charge on any atom is -0.454 e. The topological polar surface area (TPSA) is 21.3 Å². The molecule has 0 N–H and O–H groups in total. The maximum atomic E-state index is 6.56. The van der Waals surface area contributed by atoms with E-state index in [-0.39, 0.29) is 0 Å². The van der Waals surface area contributed by atoms with Crippen LogP contribution in [-0.2, 0) is 0 Å². The van der Waals surface area contributed by atoms with Crippen molar-refractivity contribution in [1.82, 2.24) is 4.57 Å². The van der Waals surface area contributed by atoms with Crippen molar-refractivity contribution in [3.8, 4) is 27.9 Å². The van der Waals surface area contributed by atoms with E-state index < -0.39 is 0 Å². The van der Waals surface area contributed by atoms with E-state index in [4.69, 9.17) is 4.42 Å². The fraction of sp³-hybridized carbons (Fsp3) is 0. The largest absolute Gasteiger partial charge is 0.454 e. The smallest absolute Gasteiger partial charge is 0.159 e. The number of hydrogen-bond donors (Lipinski definition) is 0. The first kappa shape index (κ1) is 29.1. The summed E-state index contributed by atoms with van der Waals surface area (Å²) in [6.07, 6.45) is 0. The number of rotatable bonds is 6. The van der Waals surface area contributed by atoms with Crippen LogP contribution in [0.1, 0.15) is 0 Å². The molecule has 0 atom stereocenters. The van der Waals surface area contributed by atoms with Crippen LogP contribution in [0.15, 0.2) is 199 Å². The molecule has 3 nitrogen and oxygen atoms in total. The molecular formula is C48H32N2O. The van der Waals surface area contributed by atoms with Crippen LogP contribution in [0.25, 0.3) is 71.7 Å². The van der Waals surface area contributed by atoms with Gasteiger partial charge in [-0.1, -0.05) is 127 Å². The third kappa shape index (κ3) is 4.90. The summed E-state index contributed by atoms with van der Waals surface area (Å²) in [4.78, 5) is 2.31. The van der Waals surface area contributed by atoms with Crippen molar-refractivity contribution in [3.63, 3.8) is 0 Å². The summed E-state index contributed by atoms with van der Waals surface area (Å²) < 4.78 is 8.92. The Morgan fingerprint density at radius 2 is 0.922 bits per heavy atom. The Morgan fingerprint density at radius 3 is 1.67 bits per heavy atom. The third-order valence-corrected chi connectivity index (χ3v) is 10.0. The van der Waals surface area contributed by atoms with E-state index in [1.54, 1.807) is 0 Å². The van der Waals surface area contributed by atoms with Gasteiger partial charge < -0.3 is 13.9 Å². The maximum Gasteiger partial charge on any atom is 0.159 e. The Bertz CT molecular complexity index is 2830. The normalized spacial score (nSPS) is 11.5. The van der Waals surface area contributed by atoms with E-state index in [0.717, 1.165) is 44.7 Å². The van der Waals surface area contributed by atoms with Gasteiger partial charge in [-0.25, -0.2) is 0 Å². The van der Waals surface area contributed by atoms with Crippen molar-refractivity contribution in [2.24, 2.45) is 0 Å². The first-order valence-electron chi connectivity index (χ1n) is 17.4. The molecule has 0 amide bonds. The number of nitrogens with zero attached hydrogens (tertiary/aromatic N) is 2. The molecule has 2 aromatic heterocycles. The second-order valence-electron chi connectivity index (χ2n) is 13.0. The van der Waals surface area contributed by atoms with Crippen LogP contribution in [-0.4, -0.2) is 4.57 Å². The molecule has 0 fully saturated rings. The summed E-state index contributed by atoms with van der Waals surface area (Å²) in [5, 5.41) is 4.72. The summed E-state index contributed by atoms with van der Waals surface area (Å²) in [5.41, 5.74) is 13.2. The first-order valence-corrected chi connectivity index (χ1v) is 17.4. The number of anilines is 3. The fourth-order valence-electron chi connectivity index (χ4n) is 7.58. The van der Waals surface area contributed by atoms with Crippen molar-refractivity contribution >= 4 is 60.8 Å². The standard InChI is InChI=1S/C48H32N2O/c1-3-12-33(13-4-1)34-22-27-38(28-23-34)49(46-20-11-18-42-41-17-8-10-21-47(41)51-48(42)46)39-29-24-35(25-30-39)36-26-31-45-43(32-36)40-16-7-9-19-44(40)50(45)37-14-5-2-6-15-37/h1-32H. The van der Waals surface area contributed by atoms with Crippen LogP contribution in [0.3, 0.4) is 0 Å². The van der Waals surface area contributed by atoms with Crippen LogP contribution in [0, 0.1) is 0 Å². The summed E-state index contributed by atoms with van der Waals surface area (Å²) in [6.45, 7) is 0. The highest BCUT2D eigenvalue weighted by molar-refractivity contribution is 6.11. The van der Waals surface area contributed by atoms with E-state index in [1.807, 2.05) is 12.1 Å². The van der Waals surface area contributed by atoms with Gasteiger partial charge in [-0.3, -0.25) is 0 Å². The number of fused-ring (bicyclic) bond motifs is 6. The predicted molar refractivity (Wildman–Crippen MR) is 214 cm³/mol. The van der Waals surface area contributed by atoms with Gasteiger partial charge >= 0.3 is 0 Å². The van der Waals surface area contributed by atoms with Gasteiger partial charge in [0.2, 0.25) is 0 Å². The van der Waals surface area contributed by atoms with Crippen LogP contribution >= 0.6 is 0 Å². The molecule has 0 aliphatic rings. The summed E-state index contributed by atoms with van der Waals surface area (Å²) in [7, 11) is 0. The monoisotopic (exact) mass is 652 g/mol. The SMILES string of the molecule is c1ccc(-c2ccc(N(c3ccc(-c4ccc5c(c4)c4ccccc4n5-c4ccccc4)cc3)c3cccc4c3oc3ccccc34)cc2)cc1. The molecule has 0 aliphatic heterocycles. The summed E-state index contributed by atoms with van der Waals surface area (Å²) in [6, 6.07) is 69.1. The highest BCUT2D eigenvalue weighted by atomic mass is 16.3. The quantitative estimate of drug-likeness (QED) is 0.178. The highest BCUT2D eigenvalue weighted by Crippen LogP contribution is 2.43. The lowest BCUT2D eigenvalue weighted by atomic mass is 10.0. The molecule has 0 radical (unpaired) electrons. The highest BCUT2D eigenvalue weighted by Gasteiger charge is 2.20. The van der Waals surface area contributed by atoms with Crippen molar-refractivity contribution in [1.29, 1.82) is 0 Å². The number of hydrogen-bond acceptors (Lipinski definition) is 2. The Hall–Kier alpha value is -6.84. The average Bonchev–Trinajstić information content (AvgIpc) is 3.75. The third-order valence-electron chi connectivity index (χ3n) is 10.0. The summed E-state index contributed by atoms with van der Waals surface area (Å²) >= 11 is 0. The minimum absolute atomic E-state index is 0.871. The fourth-order valence-corrected chi connectivity index (χ4v) is 7.58. The van der Waals surface area contributed by atoms with Crippen LogP contribution in [0.2, 0.25) is 0 Å². The van der Waals surface area contributed by atoms with E-state index in [0.29, 0.717) is 0 Å². The van der Waals surface area contributed by atoms with Gasteiger partial charge in [-0.15, -0.1) is 0 Å². The summed E-state index contributed by atoms with van der Waals surface area (Å²) in [5.74, 6) is 0. The zero-order chi connectivity index (χ0) is 33.7. The van der Waals surface area contributed by atoms with Gasteiger partial charge in [0.1, 0.15) is 5.58 Å². The molecule has 0 unspecified atom stereocenters. The molecular weight excluding hydrogens is 621 g/mol. The van der Waals surface area contributed by atoms with Crippen LogP contribution in [0.5, 0.6) is 0 Å². The maximum absolute atomic E-state index is 6.56.